The largest absolute Gasteiger partial charge is 0.416 e. The van der Waals surface area contributed by atoms with Crippen LogP contribution in [0.2, 0.25) is 0 Å². The van der Waals surface area contributed by atoms with E-state index in [9.17, 15) is 35.9 Å². The molecule has 2 saturated heterocycles. The van der Waals surface area contributed by atoms with Gasteiger partial charge in [0, 0.05) is 32.5 Å². The molecular formula is C22H26F6N2O2. The molecule has 10 heteroatoms. The van der Waals surface area contributed by atoms with E-state index < -0.39 is 35.7 Å². The Hall–Kier alpha value is -2.10. The summed E-state index contributed by atoms with van der Waals surface area (Å²) in [5.41, 5.74) is -3.13. The smallest absolute Gasteiger partial charge is 0.342 e. The van der Waals surface area contributed by atoms with Crippen LogP contribution in [0, 0.1) is 11.8 Å². The van der Waals surface area contributed by atoms with E-state index in [0.717, 1.165) is 19.4 Å². The number of hydrogen-bond acceptors (Lipinski definition) is 3. The number of halogens is 6. The predicted molar refractivity (Wildman–Crippen MR) is 105 cm³/mol. The van der Waals surface area contributed by atoms with Crippen LogP contribution in [0.1, 0.15) is 48.8 Å². The van der Waals surface area contributed by atoms with Gasteiger partial charge in [-0.2, -0.15) is 26.3 Å². The number of piperidine rings is 2. The summed E-state index contributed by atoms with van der Waals surface area (Å²) in [6, 6.07) is 1.27. The highest BCUT2D eigenvalue weighted by Crippen LogP contribution is 2.36. The fourth-order valence-electron chi connectivity index (χ4n) is 4.42. The summed E-state index contributed by atoms with van der Waals surface area (Å²) in [6.07, 6.45) is -7.31. The van der Waals surface area contributed by atoms with E-state index in [1.165, 1.54) is 0 Å². The predicted octanol–water partition coefficient (Wildman–Crippen LogP) is 4.46. The molecule has 2 fully saturated rings. The van der Waals surface area contributed by atoms with E-state index in [1.807, 2.05) is 0 Å². The maximum absolute atomic E-state index is 13.0. The van der Waals surface area contributed by atoms with E-state index in [2.05, 4.69) is 5.32 Å². The van der Waals surface area contributed by atoms with Gasteiger partial charge < -0.3 is 10.2 Å². The van der Waals surface area contributed by atoms with E-state index in [4.69, 9.17) is 0 Å². The molecule has 4 nitrogen and oxygen atoms in total. The van der Waals surface area contributed by atoms with Crippen molar-refractivity contribution in [3.8, 4) is 0 Å². The van der Waals surface area contributed by atoms with Gasteiger partial charge in [0.05, 0.1) is 17.0 Å². The first-order valence-corrected chi connectivity index (χ1v) is 10.7. The van der Waals surface area contributed by atoms with Crippen LogP contribution in [0.4, 0.5) is 26.3 Å². The van der Waals surface area contributed by atoms with Gasteiger partial charge in [0.2, 0.25) is 5.91 Å². The second-order valence-electron chi connectivity index (χ2n) is 8.65. The van der Waals surface area contributed by atoms with Gasteiger partial charge in [-0.3, -0.25) is 9.59 Å². The maximum atomic E-state index is 13.0. The van der Waals surface area contributed by atoms with Gasteiger partial charge in [-0.15, -0.1) is 0 Å². The molecule has 178 valence electrons. The van der Waals surface area contributed by atoms with Gasteiger partial charge in [-0.25, -0.2) is 0 Å². The molecule has 1 amide bonds. The number of rotatable bonds is 5. The molecule has 0 radical (unpaired) electrons. The average molecular weight is 464 g/mol. The van der Waals surface area contributed by atoms with Crippen LogP contribution >= 0.6 is 0 Å². The molecule has 1 atom stereocenters. The second-order valence-corrected chi connectivity index (χ2v) is 8.65. The van der Waals surface area contributed by atoms with Crippen molar-refractivity contribution in [3.63, 3.8) is 0 Å². The lowest BCUT2D eigenvalue weighted by Gasteiger charge is -2.35. The number of hydrogen-bond donors (Lipinski definition) is 1. The summed E-state index contributed by atoms with van der Waals surface area (Å²) in [6.45, 7) is 2.59. The highest BCUT2D eigenvalue weighted by Gasteiger charge is 2.37. The quantitative estimate of drug-likeness (QED) is 0.655. The molecule has 1 N–H and O–H groups in total. The van der Waals surface area contributed by atoms with Gasteiger partial charge in [-0.1, -0.05) is 0 Å². The minimum atomic E-state index is -4.94. The monoisotopic (exact) mass is 464 g/mol. The normalized spacial score (nSPS) is 20.9. The van der Waals surface area contributed by atoms with Crippen molar-refractivity contribution >= 4 is 11.7 Å². The molecule has 32 heavy (non-hydrogen) atoms. The molecule has 0 aliphatic carbocycles. The fraction of sp³-hybridized carbons (Fsp3) is 0.636. The van der Waals surface area contributed by atoms with Gasteiger partial charge in [0.15, 0.2) is 0 Å². The number of benzene rings is 1. The number of Topliss-reactive ketones (excluding diaryl/α,β-unsaturated/α-hetero) is 1. The number of carbonyl (C=O) groups excluding carboxylic acids is 2. The van der Waals surface area contributed by atoms with Gasteiger partial charge in [-0.05, 0) is 61.9 Å². The molecule has 2 aliphatic rings. The Morgan fingerprint density at radius 1 is 0.938 bits per heavy atom. The molecule has 1 aromatic rings. The van der Waals surface area contributed by atoms with E-state index in [0.29, 0.717) is 44.6 Å². The molecule has 3 rings (SSSR count). The molecule has 0 aromatic heterocycles. The lowest BCUT2D eigenvalue weighted by Crippen LogP contribution is -2.46. The lowest BCUT2D eigenvalue weighted by atomic mass is 9.88. The summed E-state index contributed by atoms with van der Waals surface area (Å²) in [4.78, 5) is 26.8. The van der Waals surface area contributed by atoms with Crippen molar-refractivity contribution in [1.82, 2.24) is 10.2 Å². The van der Waals surface area contributed by atoms with E-state index in [1.54, 1.807) is 4.90 Å². The first-order chi connectivity index (χ1) is 14.9. The molecule has 2 heterocycles. The van der Waals surface area contributed by atoms with Crippen molar-refractivity contribution in [1.29, 1.82) is 0 Å². The summed E-state index contributed by atoms with van der Waals surface area (Å²) >= 11 is 0. The van der Waals surface area contributed by atoms with E-state index >= 15 is 0 Å². The zero-order valence-corrected chi connectivity index (χ0v) is 17.5. The Balaban J connectivity index is 1.56. The lowest BCUT2D eigenvalue weighted by molar-refractivity contribution is -0.143. The van der Waals surface area contributed by atoms with Crippen molar-refractivity contribution in [3.05, 3.63) is 34.9 Å². The van der Waals surface area contributed by atoms with E-state index in [-0.39, 0.29) is 35.8 Å². The number of nitrogens with one attached hydrogen (secondary N) is 1. The molecule has 0 saturated carbocycles. The fourth-order valence-corrected chi connectivity index (χ4v) is 4.42. The molecule has 1 unspecified atom stereocenters. The highest BCUT2D eigenvalue weighted by molar-refractivity contribution is 5.81. The topological polar surface area (TPSA) is 49.4 Å². The number of alkyl halides is 6. The Morgan fingerprint density at radius 2 is 1.53 bits per heavy atom. The first kappa shape index (κ1) is 24.5. The van der Waals surface area contributed by atoms with Crippen LogP contribution in [0.3, 0.4) is 0 Å². The summed E-state index contributed by atoms with van der Waals surface area (Å²) in [5, 5.41) is 3.21. The zero-order chi connectivity index (χ0) is 23.5. The van der Waals surface area contributed by atoms with Crippen LogP contribution < -0.4 is 5.32 Å². The zero-order valence-electron chi connectivity index (χ0n) is 17.5. The maximum Gasteiger partial charge on any atom is 0.416 e. The summed E-state index contributed by atoms with van der Waals surface area (Å²) in [7, 11) is 0. The van der Waals surface area contributed by atoms with Crippen molar-refractivity contribution in [2.45, 2.75) is 50.9 Å². The highest BCUT2D eigenvalue weighted by atomic mass is 19.4. The number of amides is 1. The SMILES string of the molecule is O=C(Cc1cc(C(F)(F)F)cc(C(F)(F)F)c1)CC1CCN(C(=O)C2CCCNC2)CC1. The standard InChI is InChI=1S/C22H26F6N2O2/c23-21(24,25)17-8-15(9-18(12-17)22(26,27)28)11-19(31)10-14-3-6-30(7-4-14)20(32)16-2-1-5-29-13-16/h8-9,12,14,16,29H,1-7,10-11,13H2. The third kappa shape index (κ3) is 6.46. The van der Waals surface area contributed by atoms with Gasteiger partial charge in [0.1, 0.15) is 5.78 Å². The molecule has 0 bridgehead atoms. The van der Waals surface area contributed by atoms with Crippen LogP contribution in [-0.4, -0.2) is 42.8 Å². The number of nitrogens with zero attached hydrogens (tertiary/aromatic N) is 1. The minimum Gasteiger partial charge on any atom is -0.342 e. The van der Waals surface area contributed by atoms with Crippen molar-refractivity contribution < 1.29 is 35.9 Å². The average Bonchev–Trinajstić information content (AvgIpc) is 2.73. The van der Waals surface area contributed by atoms with Crippen LogP contribution in [-0.2, 0) is 28.4 Å². The van der Waals surface area contributed by atoms with Crippen LogP contribution in [0.25, 0.3) is 0 Å². The first-order valence-electron chi connectivity index (χ1n) is 10.7. The molecule has 0 spiro atoms. The third-order valence-electron chi connectivity index (χ3n) is 6.14. The molecule has 2 aliphatic heterocycles. The number of carbonyl (C=O) groups is 2. The van der Waals surface area contributed by atoms with Gasteiger partial charge in [0.25, 0.3) is 0 Å². The van der Waals surface area contributed by atoms with Crippen molar-refractivity contribution in [2.24, 2.45) is 11.8 Å². The summed E-state index contributed by atoms with van der Waals surface area (Å²) in [5.74, 6) is -0.376. The summed E-state index contributed by atoms with van der Waals surface area (Å²) < 4.78 is 78.0. The van der Waals surface area contributed by atoms with Crippen molar-refractivity contribution in [2.75, 3.05) is 26.2 Å². The minimum absolute atomic E-state index is 0.0364. The Kier molecular flexibility index (Phi) is 7.52. The van der Waals surface area contributed by atoms with Gasteiger partial charge >= 0.3 is 12.4 Å². The van der Waals surface area contributed by atoms with Crippen LogP contribution in [0.5, 0.6) is 0 Å². The molecular weight excluding hydrogens is 438 g/mol. The Morgan fingerprint density at radius 3 is 2.03 bits per heavy atom. The second kappa shape index (κ2) is 9.80. The Bertz CT molecular complexity index is 790. The number of likely N-dealkylation sites (tertiary alicyclic amines) is 1. The Labute approximate surface area is 182 Å². The number of ketones is 1. The van der Waals surface area contributed by atoms with Crippen LogP contribution in [0.15, 0.2) is 18.2 Å². The molecule has 1 aromatic carbocycles. The third-order valence-corrected chi connectivity index (χ3v) is 6.14.